The second-order valence-electron chi connectivity index (χ2n) is 9.85. The largest absolute Gasteiger partial charge is 0.492 e. The average Bonchev–Trinajstić information content (AvgIpc) is 3.34. The van der Waals surface area contributed by atoms with E-state index in [1.54, 1.807) is 17.2 Å². The summed E-state index contributed by atoms with van der Waals surface area (Å²) in [5.74, 6) is 0.726. The topological polar surface area (TPSA) is 93.3 Å². The van der Waals surface area contributed by atoms with Crippen molar-refractivity contribution in [2.45, 2.75) is 58.2 Å². The van der Waals surface area contributed by atoms with Gasteiger partial charge in [-0.15, -0.1) is 0 Å². The predicted molar refractivity (Wildman–Crippen MR) is 126 cm³/mol. The van der Waals surface area contributed by atoms with Crippen LogP contribution in [0.4, 0.5) is 4.79 Å². The third-order valence-corrected chi connectivity index (χ3v) is 6.97. The summed E-state index contributed by atoms with van der Waals surface area (Å²) in [5, 5.41) is 9.29. The highest BCUT2D eigenvalue weighted by molar-refractivity contribution is 5.77. The zero-order valence-electron chi connectivity index (χ0n) is 19.7. The van der Waals surface area contributed by atoms with Crippen LogP contribution in [0.15, 0.2) is 42.9 Å². The Bertz CT molecular complexity index is 1250. The lowest BCUT2D eigenvalue weighted by Crippen LogP contribution is -2.44. The quantitative estimate of drug-likeness (QED) is 0.532. The number of rotatable bonds is 6. The number of hydrogen-bond acceptors (Lipinski definition) is 6. The van der Waals surface area contributed by atoms with Gasteiger partial charge in [0.05, 0.1) is 60.6 Å². The van der Waals surface area contributed by atoms with Crippen molar-refractivity contribution in [2.24, 2.45) is 5.41 Å². The molecule has 1 saturated heterocycles. The summed E-state index contributed by atoms with van der Waals surface area (Å²) < 4.78 is 13.6. The van der Waals surface area contributed by atoms with E-state index in [2.05, 4.69) is 27.5 Å². The minimum atomic E-state index is -0.483. The third-order valence-electron chi connectivity index (χ3n) is 6.97. The normalized spacial score (nSPS) is 24.4. The zero-order chi connectivity index (χ0) is 23.8. The van der Waals surface area contributed by atoms with Crippen LogP contribution in [0, 0.1) is 16.7 Å². The van der Waals surface area contributed by atoms with E-state index in [4.69, 9.17) is 9.47 Å². The number of benzene rings is 1. The Morgan fingerprint density at radius 1 is 1.24 bits per heavy atom. The van der Waals surface area contributed by atoms with E-state index in [9.17, 15) is 10.1 Å². The molecule has 8 nitrogen and oxygen atoms in total. The molecule has 1 saturated carbocycles. The maximum Gasteiger partial charge on any atom is 0.410 e. The van der Waals surface area contributed by atoms with Crippen molar-refractivity contribution in [1.82, 2.24) is 19.4 Å². The Labute approximate surface area is 199 Å². The molecule has 2 aromatic heterocycles. The predicted octanol–water partition coefficient (Wildman–Crippen LogP) is 4.67. The second-order valence-corrected chi connectivity index (χ2v) is 9.85. The van der Waals surface area contributed by atoms with Gasteiger partial charge in [0, 0.05) is 6.54 Å². The Morgan fingerprint density at radius 3 is 2.88 bits per heavy atom. The number of pyridine rings is 1. The Hall–Kier alpha value is -3.60. The van der Waals surface area contributed by atoms with E-state index in [-0.39, 0.29) is 11.5 Å². The summed E-state index contributed by atoms with van der Waals surface area (Å²) >= 11 is 0. The molecule has 3 heterocycles. The number of aromatic nitrogens is 3. The molecular weight excluding hydrogens is 430 g/mol. The molecular formula is C26H29N5O3. The Morgan fingerprint density at radius 2 is 2.12 bits per heavy atom. The summed E-state index contributed by atoms with van der Waals surface area (Å²) in [5.41, 5.74) is 2.75. The van der Waals surface area contributed by atoms with Gasteiger partial charge in [0.25, 0.3) is 0 Å². The number of hydrogen-bond donors (Lipinski definition) is 0. The molecule has 1 unspecified atom stereocenters. The molecule has 2 atom stereocenters. The first kappa shape index (κ1) is 22.2. The van der Waals surface area contributed by atoms with Crippen LogP contribution in [0.3, 0.4) is 0 Å². The van der Waals surface area contributed by atoms with Crippen LogP contribution in [0.5, 0.6) is 5.75 Å². The van der Waals surface area contributed by atoms with Gasteiger partial charge in [-0.2, -0.15) is 5.26 Å². The summed E-state index contributed by atoms with van der Waals surface area (Å²) in [6.07, 6.45) is 6.97. The molecule has 3 aromatic rings. The summed E-state index contributed by atoms with van der Waals surface area (Å²) in [6.45, 7) is 6.54. The lowest BCUT2D eigenvalue weighted by molar-refractivity contribution is -0.0270. The highest BCUT2D eigenvalue weighted by Crippen LogP contribution is 2.47. The molecule has 1 amide bonds. The number of nitrogens with zero attached hydrogens (tertiary/aromatic N) is 5. The molecule has 2 fully saturated rings. The lowest BCUT2D eigenvalue weighted by atomic mass is 9.68. The molecule has 1 spiro atoms. The Balaban J connectivity index is 1.30. The van der Waals surface area contributed by atoms with Crippen molar-refractivity contribution in [2.75, 3.05) is 13.2 Å². The van der Waals surface area contributed by atoms with Crippen LogP contribution < -0.4 is 4.74 Å². The number of imidazole rings is 1. The number of ether oxygens (including phenoxy) is 2. The van der Waals surface area contributed by atoms with Gasteiger partial charge < -0.3 is 14.0 Å². The van der Waals surface area contributed by atoms with E-state index < -0.39 is 5.60 Å². The van der Waals surface area contributed by atoms with E-state index in [0.717, 1.165) is 54.7 Å². The molecule has 1 aliphatic carbocycles. The van der Waals surface area contributed by atoms with Crippen molar-refractivity contribution in [3.05, 3.63) is 54.1 Å². The fraction of sp³-hybridized carbons (Fsp3) is 0.462. The zero-order valence-corrected chi connectivity index (χ0v) is 19.7. The molecule has 176 valence electrons. The SMILES string of the molecule is CCOc1ccc(CN2CC3(CCC[C@](C)(Cn4cnc5ccc(C#N)cc54)C3)OC2=O)nc1. The smallest absolute Gasteiger partial charge is 0.410 e. The molecule has 5 rings (SSSR count). The van der Waals surface area contributed by atoms with Crippen molar-refractivity contribution < 1.29 is 14.3 Å². The van der Waals surface area contributed by atoms with Crippen LogP contribution in [0.25, 0.3) is 11.0 Å². The number of nitriles is 1. The van der Waals surface area contributed by atoms with E-state index in [1.807, 2.05) is 37.5 Å². The first-order valence-electron chi connectivity index (χ1n) is 11.8. The number of carbonyl (C=O) groups is 1. The minimum Gasteiger partial charge on any atom is -0.492 e. The highest BCUT2D eigenvalue weighted by Gasteiger charge is 2.51. The fourth-order valence-corrected chi connectivity index (χ4v) is 5.58. The van der Waals surface area contributed by atoms with E-state index in [1.165, 1.54) is 0 Å². The van der Waals surface area contributed by atoms with Crippen LogP contribution in [-0.2, 0) is 17.8 Å². The van der Waals surface area contributed by atoms with Crippen LogP contribution >= 0.6 is 0 Å². The molecule has 1 aromatic carbocycles. The van der Waals surface area contributed by atoms with Gasteiger partial charge in [-0.1, -0.05) is 6.92 Å². The van der Waals surface area contributed by atoms with Gasteiger partial charge in [-0.05, 0) is 68.4 Å². The number of amides is 1. The summed E-state index contributed by atoms with van der Waals surface area (Å²) in [4.78, 5) is 23.5. The van der Waals surface area contributed by atoms with Crippen molar-refractivity contribution >= 4 is 17.1 Å². The van der Waals surface area contributed by atoms with E-state index >= 15 is 0 Å². The molecule has 8 heteroatoms. The van der Waals surface area contributed by atoms with Gasteiger partial charge >= 0.3 is 6.09 Å². The van der Waals surface area contributed by atoms with Gasteiger partial charge in [-0.3, -0.25) is 9.88 Å². The maximum absolute atomic E-state index is 12.8. The van der Waals surface area contributed by atoms with Gasteiger partial charge in [0.2, 0.25) is 0 Å². The molecule has 0 radical (unpaired) electrons. The van der Waals surface area contributed by atoms with Crippen molar-refractivity contribution in [3.8, 4) is 11.8 Å². The fourth-order valence-electron chi connectivity index (χ4n) is 5.58. The summed E-state index contributed by atoms with van der Waals surface area (Å²) in [6, 6.07) is 11.6. The van der Waals surface area contributed by atoms with Gasteiger partial charge in [-0.25, -0.2) is 9.78 Å². The maximum atomic E-state index is 12.8. The van der Waals surface area contributed by atoms with Gasteiger partial charge in [0.15, 0.2) is 0 Å². The third kappa shape index (κ3) is 4.30. The number of fused-ring (bicyclic) bond motifs is 1. The molecule has 2 aliphatic rings. The number of carbonyl (C=O) groups excluding carboxylic acids is 1. The van der Waals surface area contributed by atoms with Crippen LogP contribution in [-0.4, -0.2) is 44.3 Å². The Kier molecular flexibility index (Phi) is 5.64. The second kappa shape index (κ2) is 8.64. The molecule has 0 N–H and O–H groups in total. The van der Waals surface area contributed by atoms with Crippen LogP contribution in [0.1, 0.15) is 50.8 Å². The monoisotopic (exact) mass is 459 g/mol. The average molecular weight is 460 g/mol. The van der Waals surface area contributed by atoms with Crippen molar-refractivity contribution in [1.29, 1.82) is 5.26 Å². The van der Waals surface area contributed by atoms with Crippen molar-refractivity contribution in [3.63, 3.8) is 0 Å². The first-order chi connectivity index (χ1) is 16.4. The summed E-state index contributed by atoms with van der Waals surface area (Å²) in [7, 11) is 0. The first-order valence-corrected chi connectivity index (χ1v) is 11.8. The standard InChI is InChI=1S/C26H29N5O3/c1-3-33-21-7-6-20(28-13-21)14-30-17-26(34-24(30)32)10-4-9-25(2,15-26)16-31-18-29-22-8-5-19(12-27)11-23(22)31/h5-8,11,13,18H,3-4,9-10,14-17H2,1-2H3/t25-,26?/m0/s1. The minimum absolute atomic E-state index is 0.0534. The lowest BCUT2D eigenvalue weighted by Gasteiger charge is -2.43. The molecule has 34 heavy (non-hydrogen) atoms. The molecule has 1 aliphatic heterocycles. The van der Waals surface area contributed by atoms with Gasteiger partial charge in [0.1, 0.15) is 11.4 Å². The highest BCUT2D eigenvalue weighted by atomic mass is 16.6. The van der Waals surface area contributed by atoms with E-state index in [0.29, 0.717) is 25.3 Å². The van der Waals surface area contributed by atoms with Crippen LogP contribution in [0.2, 0.25) is 0 Å². The molecule has 0 bridgehead atoms.